The predicted octanol–water partition coefficient (Wildman–Crippen LogP) is 1.44. The molecular weight excluding hydrogens is 218 g/mol. The summed E-state index contributed by atoms with van der Waals surface area (Å²) in [5, 5.41) is 12.2. The Hall–Kier alpha value is -1.84. The van der Waals surface area contributed by atoms with Crippen LogP contribution in [0.1, 0.15) is 36.4 Å². The summed E-state index contributed by atoms with van der Waals surface area (Å²) in [4.78, 5) is 23.3. The molecule has 2 bridgehead atoms. The van der Waals surface area contributed by atoms with Crippen molar-refractivity contribution in [2.24, 2.45) is 5.41 Å². The SMILES string of the molecule is C[C@@]1(C(=O)O)C[C@@H]2C(=O)NC1c1ccccc12. The zero-order chi connectivity index (χ0) is 12.2. The molecule has 1 saturated heterocycles. The molecular formula is C13H13NO3. The largest absolute Gasteiger partial charge is 0.481 e. The standard InChI is InChI=1S/C13H13NO3/c1-13(12(16)17)6-9-7-4-2-3-5-8(7)10(13)14-11(9)15/h2-5,9-10H,6H2,1H3,(H,14,15)(H,16,17)/t9-,10?,13+/m0/s1. The summed E-state index contributed by atoms with van der Waals surface area (Å²) in [5.74, 6) is -1.22. The molecule has 88 valence electrons. The highest BCUT2D eigenvalue weighted by molar-refractivity contribution is 5.91. The Morgan fingerprint density at radius 2 is 2.06 bits per heavy atom. The first-order valence-electron chi connectivity index (χ1n) is 5.66. The van der Waals surface area contributed by atoms with Crippen LogP contribution in [-0.4, -0.2) is 17.0 Å². The Kier molecular flexibility index (Phi) is 1.88. The molecule has 2 aliphatic heterocycles. The van der Waals surface area contributed by atoms with E-state index in [4.69, 9.17) is 0 Å². The fourth-order valence-electron chi connectivity index (χ4n) is 3.01. The van der Waals surface area contributed by atoms with E-state index in [1.165, 1.54) is 0 Å². The van der Waals surface area contributed by atoms with Crippen LogP contribution in [0.3, 0.4) is 0 Å². The number of fused-ring (bicyclic) bond motifs is 2. The van der Waals surface area contributed by atoms with Crippen LogP contribution < -0.4 is 5.32 Å². The van der Waals surface area contributed by atoms with Gasteiger partial charge in [0.2, 0.25) is 5.91 Å². The second-order valence-corrected chi connectivity index (χ2v) is 5.05. The van der Waals surface area contributed by atoms with Crippen LogP contribution in [0.15, 0.2) is 24.3 Å². The molecule has 0 spiro atoms. The lowest BCUT2D eigenvalue weighted by molar-refractivity contribution is -0.155. The minimum absolute atomic E-state index is 0.0487. The molecule has 0 radical (unpaired) electrons. The highest BCUT2D eigenvalue weighted by atomic mass is 16.4. The molecule has 0 aromatic heterocycles. The normalized spacial score (nSPS) is 34.1. The van der Waals surface area contributed by atoms with Crippen LogP contribution >= 0.6 is 0 Å². The van der Waals surface area contributed by atoms with Gasteiger partial charge in [0.1, 0.15) is 0 Å². The number of carbonyl (C=O) groups is 2. The number of aliphatic carboxylic acids is 1. The Balaban J connectivity index is 2.20. The fraction of sp³-hybridized carbons (Fsp3) is 0.385. The molecule has 17 heavy (non-hydrogen) atoms. The maximum absolute atomic E-state index is 11.8. The van der Waals surface area contributed by atoms with Gasteiger partial charge in [-0.1, -0.05) is 24.3 Å². The lowest BCUT2D eigenvalue weighted by Gasteiger charge is -2.48. The molecule has 1 fully saturated rings. The quantitative estimate of drug-likeness (QED) is 0.768. The van der Waals surface area contributed by atoms with Crippen molar-refractivity contribution < 1.29 is 14.7 Å². The van der Waals surface area contributed by atoms with Crippen LogP contribution in [0.2, 0.25) is 0 Å². The number of piperidine rings is 1. The molecule has 4 nitrogen and oxygen atoms in total. The van der Waals surface area contributed by atoms with E-state index in [1.54, 1.807) is 6.92 Å². The summed E-state index contributed by atoms with van der Waals surface area (Å²) in [6.45, 7) is 1.71. The van der Waals surface area contributed by atoms with Gasteiger partial charge in [-0.25, -0.2) is 0 Å². The first-order valence-corrected chi connectivity index (χ1v) is 5.66. The van der Waals surface area contributed by atoms with E-state index in [-0.39, 0.29) is 11.8 Å². The van der Waals surface area contributed by atoms with E-state index in [0.717, 1.165) is 11.1 Å². The Labute approximate surface area is 98.6 Å². The van der Waals surface area contributed by atoms with Gasteiger partial charge < -0.3 is 10.4 Å². The van der Waals surface area contributed by atoms with Crippen LogP contribution in [-0.2, 0) is 9.59 Å². The first-order chi connectivity index (χ1) is 8.04. The summed E-state index contributed by atoms with van der Waals surface area (Å²) in [5.41, 5.74) is 1.04. The molecule has 1 aromatic rings. The van der Waals surface area contributed by atoms with Gasteiger partial charge in [0.25, 0.3) is 0 Å². The topological polar surface area (TPSA) is 66.4 Å². The molecule has 0 saturated carbocycles. The van der Waals surface area contributed by atoms with E-state index in [0.29, 0.717) is 6.42 Å². The van der Waals surface area contributed by atoms with Crippen molar-refractivity contribution in [2.75, 3.05) is 0 Å². The van der Waals surface area contributed by atoms with Gasteiger partial charge in [0, 0.05) is 0 Å². The third-order valence-electron chi connectivity index (χ3n) is 4.04. The van der Waals surface area contributed by atoms with Gasteiger partial charge >= 0.3 is 5.97 Å². The number of hydrogen-bond donors (Lipinski definition) is 2. The third kappa shape index (κ3) is 1.18. The van der Waals surface area contributed by atoms with E-state index in [1.807, 2.05) is 24.3 Å². The number of carboxylic acid groups (broad SMARTS) is 1. The molecule has 1 amide bonds. The second kappa shape index (κ2) is 3.09. The maximum Gasteiger partial charge on any atom is 0.311 e. The van der Waals surface area contributed by atoms with Gasteiger partial charge in [0.05, 0.1) is 17.4 Å². The first kappa shape index (κ1) is 10.3. The van der Waals surface area contributed by atoms with Crippen molar-refractivity contribution in [2.45, 2.75) is 25.3 Å². The molecule has 1 aliphatic carbocycles. The zero-order valence-corrected chi connectivity index (χ0v) is 9.43. The lowest BCUT2D eigenvalue weighted by Crippen LogP contribution is -2.55. The maximum atomic E-state index is 11.8. The van der Waals surface area contributed by atoms with Crippen molar-refractivity contribution in [3.63, 3.8) is 0 Å². The van der Waals surface area contributed by atoms with Crippen molar-refractivity contribution in [1.29, 1.82) is 0 Å². The average Bonchev–Trinajstić information content (AvgIpc) is 2.31. The number of carbonyl (C=O) groups excluding carboxylic acids is 1. The van der Waals surface area contributed by atoms with Crippen LogP contribution in [0.4, 0.5) is 0 Å². The Morgan fingerprint density at radius 1 is 1.41 bits per heavy atom. The second-order valence-electron chi connectivity index (χ2n) is 5.05. The number of rotatable bonds is 1. The van der Waals surface area contributed by atoms with Crippen LogP contribution in [0.5, 0.6) is 0 Å². The number of hydrogen-bond acceptors (Lipinski definition) is 2. The summed E-state index contributed by atoms with van der Waals surface area (Å²) < 4.78 is 0. The van der Waals surface area contributed by atoms with Crippen LogP contribution in [0, 0.1) is 5.41 Å². The molecule has 4 rings (SSSR count). The molecule has 1 unspecified atom stereocenters. The van der Waals surface area contributed by atoms with Gasteiger partial charge in [-0.15, -0.1) is 0 Å². The zero-order valence-electron chi connectivity index (χ0n) is 9.43. The number of nitrogens with one attached hydrogen (secondary N) is 1. The average molecular weight is 231 g/mol. The number of amides is 1. The smallest absolute Gasteiger partial charge is 0.311 e. The van der Waals surface area contributed by atoms with E-state index in [2.05, 4.69) is 5.32 Å². The van der Waals surface area contributed by atoms with E-state index in [9.17, 15) is 14.7 Å². The van der Waals surface area contributed by atoms with Crippen LogP contribution in [0.25, 0.3) is 0 Å². The molecule has 3 atom stereocenters. The highest BCUT2D eigenvalue weighted by Gasteiger charge is 2.55. The Bertz CT molecular complexity index is 525. The third-order valence-corrected chi connectivity index (χ3v) is 4.04. The molecule has 1 aromatic carbocycles. The lowest BCUT2D eigenvalue weighted by atomic mass is 9.61. The molecule has 3 aliphatic rings. The van der Waals surface area contributed by atoms with Crippen molar-refractivity contribution >= 4 is 11.9 Å². The Morgan fingerprint density at radius 3 is 2.71 bits per heavy atom. The minimum atomic E-state index is -0.896. The predicted molar refractivity (Wildman–Crippen MR) is 60.4 cm³/mol. The van der Waals surface area contributed by atoms with Gasteiger partial charge in [-0.2, -0.15) is 0 Å². The number of benzene rings is 1. The van der Waals surface area contributed by atoms with Crippen molar-refractivity contribution in [1.82, 2.24) is 5.32 Å². The summed E-state index contributed by atoms with van der Waals surface area (Å²) in [6, 6.07) is 7.20. The number of carboxylic acids is 1. The summed E-state index contributed by atoms with van der Waals surface area (Å²) >= 11 is 0. The molecule has 2 N–H and O–H groups in total. The van der Waals surface area contributed by atoms with Crippen molar-refractivity contribution in [3.8, 4) is 0 Å². The van der Waals surface area contributed by atoms with Crippen molar-refractivity contribution in [3.05, 3.63) is 35.4 Å². The fourth-order valence-corrected chi connectivity index (χ4v) is 3.01. The van der Waals surface area contributed by atoms with Gasteiger partial charge in [-0.05, 0) is 24.5 Å². The summed E-state index contributed by atoms with van der Waals surface area (Å²) in [7, 11) is 0. The summed E-state index contributed by atoms with van der Waals surface area (Å²) in [6.07, 6.45) is 0.385. The van der Waals surface area contributed by atoms with Gasteiger partial charge in [-0.3, -0.25) is 9.59 Å². The molecule has 4 heteroatoms. The highest BCUT2D eigenvalue weighted by Crippen LogP contribution is 2.52. The van der Waals surface area contributed by atoms with Gasteiger partial charge in [0.15, 0.2) is 0 Å². The van der Waals surface area contributed by atoms with E-state index < -0.39 is 17.4 Å². The van der Waals surface area contributed by atoms with E-state index >= 15 is 0 Å². The monoisotopic (exact) mass is 231 g/mol. The molecule has 2 heterocycles. The minimum Gasteiger partial charge on any atom is -0.481 e.